The number of carbonyl (C=O) groups excluding carboxylic acids is 1. The first-order valence-corrected chi connectivity index (χ1v) is 12.8. The number of rotatable bonds is 5. The molecule has 1 saturated carbocycles. The van der Waals surface area contributed by atoms with E-state index in [2.05, 4.69) is 5.10 Å². The van der Waals surface area contributed by atoms with Gasteiger partial charge in [-0.15, -0.1) is 0 Å². The third-order valence-corrected chi connectivity index (χ3v) is 7.43. The summed E-state index contributed by atoms with van der Waals surface area (Å²) in [5, 5.41) is 4.45. The van der Waals surface area contributed by atoms with Crippen molar-refractivity contribution in [3.8, 4) is 5.75 Å². The number of sulfone groups is 1. The number of fused-ring (bicyclic) bond motifs is 1. The van der Waals surface area contributed by atoms with Gasteiger partial charge in [-0.3, -0.25) is 9.48 Å². The van der Waals surface area contributed by atoms with Crippen molar-refractivity contribution < 1.29 is 39.9 Å². The zero-order valence-electron chi connectivity index (χ0n) is 19.0. The van der Waals surface area contributed by atoms with Crippen LogP contribution >= 0.6 is 0 Å². The molecular weight excluding hydrogens is 497 g/mol. The van der Waals surface area contributed by atoms with Crippen molar-refractivity contribution in [3.63, 3.8) is 0 Å². The summed E-state index contributed by atoms with van der Waals surface area (Å²) in [6.45, 7) is 0.921. The predicted molar refractivity (Wildman–Crippen MR) is 114 cm³/mol. The lowest BCUT2D eigenvalue weighted by molar-refractivity contribution is -0.189. The fourth-order valence-electron chi connectivity index (χ4n) is 4.23. The second kappa shape index (κ2) is 8.75. The van der Waals surface area contributed by atoms with Gasteiger partial charge in [-0.05, 0) is 38.0 Å². The summed E-state index contributed by atoms with van der Waals surface area (Å²) in [6, 6.07) is 2.97. The molecule has 1 unspecified atom stereocenters. The van der Waals surface area contributed by atoms with E-state index in [1.807, 2.05) is 0 Å². The first kappa shape index (κ1) is 25.4. The van der Waals surface area contributed by atoms with E-state index in [-0.39, 0.29) is 61.0 Å². The van der Waals surface area contributed by atoms with E-state index in [4.69, 9.17) is 4.74 Å². The molecule has 1 aromatic carbocycles. The second-order valence-corrected chi connectivity index (χ2v) is 11.1. The van der Waals surface area contributed by atoms with Crippen LogP contribution in [0.4, 0.5) is 22.0 Å². The van der Waals surface area contributed by atoms with Crippen LogP contribution in [-0.2, 0) is 22.9 Å². The minimum atomic E-state index is -4.69. The van der Waals surface area contributed by atoms with E-state index in [0.717, 1.165) is 31.4 Å². The van der Waals surface area contributed by atoms with Crippen LogP contribution in [0.2, 0.25) is 0 Å². The Bertz CT molecular complexity index is 1210. The van der Waals surface area contributed by atoms with E-state index in [0.29, 0.717) is 11.3 Å². The Balaban J connectivity index is 1.55. The molecule has 1 fully saturated rings. The van der Waals surface area contributed by atoms with Crippen molar-refractivity contribution >= 4 is 15.7 Å². The largest absolute Gasteiger partial charge is 0.480 e. The highest BCUT2D eigenvalue weighted by molar-refractivity contribution is 7.90. The summed E-state index contributed by atoms with van der Waals surface area (Å²) < 4.78 is 96.6. The van der Waals surface area contributed by atoms with Gasteiger partial charge in [0, 0.05) is 37.4 Å². The van der Waals surface area contributed by atoms with Crippen LogP contribution in [0, 0.1) is 0 Å². The van der Waals surface area contributed by atoms with E-state index in [9.17, 15) is 35.2 Å². The Hall–Kier alpha value is -2.70. The summed E-state index contributed by atoms with van der Waals surface area (Å²) in [5.74, 6) is -3.76. The van der Waals surface area contributed by atoms with Crippen molar-refractivity contribution in [2.24, 2.45) is 0 Å². The summed E-state index contributed by atoms with van der Waals surface area (Å²) in [5.41, 5.74) is 0.943. The van der Waals surface area contributed by atoms with Gasteiger partial charge in [0.1, 0.15) is 5.75 Å². The van der Waals surface area contributed by atoms with Gasteiger partial charge in [0.25, 0.3) is 5.91 Å². The highest BCUT2D eigenvalue weighted by Gasteiger charge is 2.40. The summed E-state index contributed by atoms with van der Waals surface area (Å²) in [6.07, 6.45) is -4.16. The fourth-order valence-corrected chi connectivity index (χ4v) is 4.88. The molecule has 1 aliphatic heterocycles. The lowest BCUT2D eigenvalue weighted by atomic mass is 9.92. The van der Waals surface area contributed by atoms with Crippen LogP contribution < -0.4 is 4.74 Å². The Morgan fingerprint density at radius 1 is 1.20 bits per heavy atom. The Labute approximate surface area is 198 Å². The topological polar surface area (TPSA) is 81.5 Å². The van der Waals surface area contributed by atoms with E-state index in [1.165, 1.54) is 4.90 Å². The van der Waals surface area contributed by atoms with Gasteiger partial charge in [0.05, 0.1) is 28.7 Å². The average molecular weight is 522 g/mol. The van der Waals surface area contributed by atoms with Crippen molar-refractivity contribution in [2.45, 2.75) is 74.8 Å². The molecule has 2 aliphatic rings. The normalized spacial score (nSPS) is 19.5. The molecule has 13 heteroatoms. The minimum absolute atomic E-state index is 0.0431. The third kappa shape index (κ3) is 5.44. The average Bonchev–Trinajstić information content (AvgIpc) is 3.31. The van der Waals surface area contributed by atoms with Gasteiger partial charge in [0.15, 0.2) is 15.9 Å². The predicted octanol–water partition coefficient (Wildman–Crippen LogP) is 4.52. The molecule has 2 aromatic rings. The van der Waals surface area contributed by atoms with Gasteiger partial charge < -0.3 is 9.64 Å². The van der Waals surface area contributed by atoms with Gasteiger partial charge >= 0.3 is 6.18 Å². The summed E-state index contributed by atoms with van der Waals surface area (Å²) >= 11 is 0. The monoisotopic (exact) mass is 521 g/mol. The van der Waals surface area contributed by atoms with E-state index in [1.54, 1.807) is 10.9 Å². The maximum absolute atomic E-state index is 13.5. The molecule has 35 heavy (non-hydrogen) atoms. The lowest BCUT2D eigenvalue weighted by Crippen LogP contribution is -2.33. The van der Waals surface area contributed by atoms with Gasteiger partial charge in [-0.25, -0.2) is 17.2 Å². The van der Waals surface area contributed by atoms with Crippen LogP contribution in [0.15, 0.2) is 29.3 Å². The van der Waals surface area contributed by atoms with Crippen LogP contribution in [0.25, 0.3) is 0 Å². The molecule has 1 aliphatic carbocycles. The summed E-state index contributed by atoms with van der Waals surface area (Å²) in [7, 11) is -3.74. The van der Waals surface area contributed by atoms with Crippen molar-refractivity contribution in [2.75, 3.05) is 6.26 Å². The Kier molecular flexibility index (Phi) is 6.35. The Morgan fingerprint density at radius 3 is 2.43 bits per heavy atom. The molecule has 1 atom stereocenters. The number of carbonyl (C=O) groups is 1. The maximum atomic E-state index is 13.5. The van der Waals surface area contributed by atoms with Crippen molar-refractivity contribution in [1.29, 1.82) is 0 Å². The zero-order valence-corrected chi connectivity index (χ0v) is 19.8. The van der Waals surface area contributed by atoms with Crippen molar-refractivity contribution in [3.05, 3.63) is 41.2 Å². The second-order valence-electron chi connectivity index (χ2n) is 9.06. The smallest absolute Gasteiger partial charge is 0.425 e. The van der Waals surface area contributed by atoms with Gasteiger partial charge in [-0.1, -0.05) is 0 Å². The van der Waals surface area contributed by atoms with Crippen LogP contribution in [0.1, 0.15) is 60.3 Å². The van der Waals surface area contributed by atoms with Crippen LogP contribution in [0.3, 0.4) is 0 Å². The fraction of sp³-hybridized carbons (Fsp3) is 0.545. The molecule has 1 aromatic heterocycles. The molecule has 1 amide bonds. The summed E-state index contributed by atoms with van der Waals surface area (Å²) in [4.78, 5) is 14.3. The third-order valence-electron chi connectivity index (χ3n) is 6.32. The minimum Gasteiger partial charge on any atom is -0.480 e. The standard InChI is InChI=1S/C22H24F5N3O4S/c1-13(22(25,26)27)34-19-4-3-16(35(2,32)33)9-17(19)20(31)29-10-14-11-30(28-18(14)12-29)15-5-7-21(23,24)8-6-15/h3-4,9,11,13,15H,5-8,10,12H2,1-2H3. The van der Waals surface area contributed by atoms with Crippen LogP contribution in [-0.4, -0.2) is 53.5 Å². The molecule has 0 spiro atoms. The van der Waals surface area contributed by atoms with Crippen molar-refractivity contribution in [1.82, 2.24) is 14.7 Å². The lowest BCUT2D eigenvalue weighted by Gasteiger charge is -2.28. The quantitative estimate of drug-likeness (QED) is 0.541. The number of alkyl halides is 5. The highest BCUT2D eigenvalue weighted by atomic mass is 32.2. The molecular formula is C22H24F5N3O4S. The number of ether oxygens (including phenoxy) is 1. The Morgan fingerprint density at radius 2 is 1.86 bits per heavy atom. The van der Waals surface area contributed by atoms with Gasteiger partial charge in [0.2, 0.25) is 5.92 Å². The molecule has 192 valence electrons. The SMILES string of the molecule is CC(Oc1ccc(S(C)(=O)=O)cc1C(=O)N1Cc2cn(C3CCC(F)(F)CC3)nc2C1)C(F)(F)F. The molecule has 0 bridgehead atoms. The molecule has 2 heterocycles. The van der Waals surface area contributed by atoms with Gasteiger partial charge in [-0.2, -0.15) is 18.3 Å². The highest BCUT2D eigenvalue weighted by Crippen LogP contribution is 2.39. The number of hydrogen-bond acceptors (Lipinski definition) is 5. The number of nitrogens with zero attached hydrogens (tertiary/aromatic N) is 3. The molecule has 7 nitrogen and oxygen atoms in total. The molecule has 0 N–H and O–H groups in total. The molecule has 0 saturated heterocycles. The number of hydrogen-bond donors (Lipinski definition) is 0. The zero-order chi connectivity index (χ0) is 25.8. The first-order chi connectivity index (χ1) is 16.1. The number of amides is 1. The van der Waals surface area contributed by atoms with E-state index < -0.39 is 33.9 Å². The number of halogens is 5. The molecule has 0 radical (unpaired) electrons. The number of aromatic nitrogens is 2. The maximum Gasteiger partial charge on any atom is 0.425 e. The van der Waals surface area contributed by atoms with E-state index >= 15 is 0 Å². The number of benzene rings is 1. The van der Waals surface area contributed by atoms with Crippen LogP contribution in [0.5, 0.6) is 5.75 Å². The molecule has 4 rings (SSSR count). The first-order valence-electron chi connectivity index (χ1n) is 11.0.